The largest absolute Gasteiger partial charge is 0.376 e. The summed E-state index contributed by atoms with van der Waals surface area (Å²) in [4.78, 5) is 18.5. The summed E-state index contributed by atoms with van der Waals surface area (Å²) in [6, 6.07) is 14.1. The SMILES string of the molecule is Cc1cccnc1CNC(=O)N1CC[C@@H](COCc2ccccc2)C1. The highest BCUT2D eigenvalue weighted by atomic mass is 16.5. The van der Waals surface area contributed by atoms with Crippen molar-refractivity contribution in [3.63, 3.8) is 0 Å². The third-order valence-electron chi connectivity index (χ3n) is 4.56. The summed E-state index contributed by atoms with van der Waals surface area (Å²) in [5.41, 5.74) is 3.19. The molecule has 132 valence electrons. The molecule has 0 saturated carbocycles. The quantitative estimate of drug-likeness (QED) is 0.880. The maximum absolute atomic E-state index is 12.3. The van der Waals surface area contributed by atoms with Gasteiger partial charge in [-0.3, -0.25) is 4.98 Å². The van der Waals surface area contributed by atoms with Gasteiger partial charge in [0.1, 0.15) is 0 Å². The van der Waals surface area contributed by atoms with Gasteiger partial charge >= 0.3 is 6.03 Å². The Morgan fingerprint density at radius 1 is 1.28 bits per heavy atom. The van der Waals surface area contributed by atoms with Crippen LogP contribution in [0.2, 0.25) is 0 Å². The number of rotatable bonds is 6. The minimum absolute atomic E-state index is 0.0180. The van der Waals surface area contributed by atoms with Crippen LogP contribution < -0.4 is 5.32 Å². The molecule has 1 aliphatic heterocycles. The van der Waals surface area contributed by atoms with E-state index >= 15 is 0 Å². The number of ether oxygens (including phenoxy) is 1. The van der Waals surface area contributed by atoms with Crippen molar-refractivity contribution in [2.45, 2.75) is 26.5 Å². The Kier molecular flexibility index (Phi) is 6.01. The molecule has 0 bridgehead atoms. The first-order valence-corrected chi connectivity index (χ1v) is 8.77. The molecule has 25 heavy (non-hydrogen) atoms. The Morgan fingerprint density at radius 3 is 2.92 bits per heavy atom. The maximum atomic E-state index is 12.3. The number of aryl methyl sites for hydroxylation is 1. The second kappa shape index (κ2) is 8.62. The molecule has 1 N–H and O–H groups in total. The lowest BCUT2D eigenvalue weighted by Gasteiger charge is -2.17. The van der Waals surface area contributed by atoms with E-state index in [1.807, 2.05) is 42.2 Å². The molecule has 1 aromatic carbocycles. The van der Waals surface area contributed by atoms with E-state index in [4.69, 9.17) is 4.74 Å². The van der Waals surface area contributed by atoms with Crippen LogP contribution in [0.15, 0.2) is 48.7 Å². The number of nitrogens with one attached hydrogen (secondary N) is 1. The molecule has 0 spiro atoms. The number of nitrogens with zero attached hydrogens (tertiary/aromatic N) is 2. The van der Waals surface area contributed by atoms with Crippen LogP contribution in [0.4, 0.5) is 4.79 Å². The standard InChI is InChI=1S/C20H25N3O2/c1-16-6-5-10-21-19(16)12-22-20(24)23-11-9-18(13-23)15-25-14-17-7-3-2-4-8-17/h2-8,10,18H,9,11-15H2,1H3,(H,22,24)/t18-/m1/s1. The van der Waals surface area contributed by atoms with E-state index in [9.17, 15) is 4.79 Å². The topological polar surface area (TPSA) is 54.5 Å². The second-order valence-electron chi connectivity index (χ2n) is 6.53. The number of carbonyl (C=O) groups excluding carboxylic acids is 1. The molecule has 1 saturated heterocycles. The van der Waals surface area contributed by atoms with Crippen molar-refractivity contribution in [3.8, 4) is 0 Å². The number of likely N-dealkylation sites (tertiary alicyclic amines) is 1. The molecule has 0 unspecified atom stereocenters. The van der Waals surface area contributed by atoms with Crippen molar-refractivity contribution in [1.29, 1.82) is 0 Å². The lowest BCUT2D eigenvalue weighted by molar-refractivity contribution is 0.0897. The van der Waals surface area contributed by atoms with Crippen LogP contribution in [0.1, 0.15) is 23.2 Å². The fourth-order valence-electron chi connectivity index (χ4n) is 3.05. The lowest BCUT2D eigenvalue weighted by atomic mass is 10.1. The third-order valence-corrected chi connectivity index (χ3v) is 4.56. The molecule has 1 aliphatic rings. The first-order valence-electron chi connectivity index (χ1n) is 8.77. The molecular formula is C20H25N3O2. The molecule has 0 radical (unpaired) electrons. The van der Waals surface area contributed by atoms with Gasteiger partial charge in [0.15, 0.2) is 0 Å². The van der Waals surface area contributed by atoms with E-state index < -0.39 is 0 Å². The van der Waals surface area contributed by atoms with Crippen LogP contribution >= 0.6 is 0 Å². The fraction of sp³-hybridized carbons (Fsp3) is 0.400. The molecule has 1 aromatic heterocycles. The number of hydrogen-bond acceptors (Lipinski definition) is 3. The molecule has 2 aromatic rings. The summed E-state index contributed by atoms with van der Waals surface area (Å²) in [6.07, 6.45) is 2.75. The Labute approximate surface area is 149 Å². The van der Waals surface area contributed by atoms with Gasteiger partial charge in [0.2, 0.25) is 0 Å². The van der Waals surface area contributed by atoms with Gasteiger partial charge in [-0.05, 0) is 30.5 Å². The predicted octanol–water partition coefficient (Wildman–Crippen LogP) is 3.14. The molecule has 2 amide bonds. The van der Waals surface area contributed by atoms with E-state index in [0.717, 1.165) is 30.8 Å². The molecule has 1 fully saturated rings. The van der Waals surface area contributed by atoms with Crippen molar-refractivity contribution in [3.05, 3.63) is 65.5 Å². The fourth-order valence-corrected chi connectivity index (χ4v) is 3.05. The Balaban J connectivity index is 1.38. The van der Waals surface area contributed by atoms with Crippen LogP contribution in [-0.2, 0) is 17.9 Å². The number of amides is 2. The van der Waals surface area contributed by atoms with Crippen molar-refractivity contribution in [1.82, 2.24) is 15.2 Å². The summed E-state index contributed by atoms with van der Waals surface area (Å²) < 4.78 is 5.81. The van der Waals surface area contributed by atoms with E-state index in [1.54, 1.807) is 6.20 Å². The number of aromatic nitrogens is 1. The van der Waals surface area contributed by atoms with E-state index in [-0.39, 0.29) is 6.03 Å². The molecular weight excluding hydrogens is 314 g/mol. The summed E-state index contributed by atoms with van der Waals surface area (Å²) in [6.45, 7) is 5.33. The number of hydrogen-bond donors (Lipinski definition) is 1. The molecule has 5 nitrogen and oxygen atoms in total. The highest BCUT2D eigenvalue weighted by Crippen LogP contribution is 2.17. The average molecular weight is 339 g/mol. The van der Waals surface area contributed by atoms with Crippen LogP contribution in [0.3, 0.4) is 0 Å². The Hall–Kier alpha value is -2.40. The highest BCUT2D eigenvalue weighted by molar-refractivity contribution is 5.74. The van der Waals surface area contributed by atoms with Crippen molar-refractivity contribution in [2.24, 2.45) is 5.92 Å². The van der Waals surface area contributed by atoms with E-state index in [2.05, 4.69) is 22.4 Å². The summed E-state index contributed by atoms with van der Waals surface area (Å²) in [7, 11) is 0. The van der Waals surface area contributed by atoms with Gasteiger partial charge < -0.3 is 15.0 Å². The van der Waals surface area contributed by atoms with Crippen molar-refractivity contribution in [2.75, 3.05) is 19.7 Å². The van der Waals surface area contributed by atoms with Crippen LogP contribution in [0.5, 0.6) is 0 Å². The summed E-state index contributed by atoms with van der Waals surface area (Å²) in [5, 5.41) is 2.97. The highest BCUT2D eigenvalue weighted by Gasteiger charge is 2.26. The average Bonchev–Trinajstić information content (AvgIpc) is 3.11. The Bertz CT molecular complexity index is 690. The zero-order chi connectivity index (χ0) is 17.5. The van der Waals surface area contributed by atoms with Crippen LogP contribution in [-0.4, -0.2) is 35.6 Å². The number of pyridine rings is 1. The number of benzene rings is 1. The molecule has 1 atom stereocenters. The summed E-state index contributed by atoms with van der Waals surface area (Å²) >= 11 is 0. The zero-order valence-corrected chi connectivity index (χ0v) is 14.6. The van der Waals surface area contributed by atoms with Gasteiger partial charge in [0.05, 0.1) is 25.5 Å². The van der Waals surface area contributed by atoms with Crippen LogP contribution in [0.25, 0.3) is 0 Å². The van der Waals surface area contributed by atoms with Crippen LogP contribution in [0, 0.1) is 12.8 Å². The molecule has 3 rings (SSSR count). The normalized spacial score (nSPS) is 16.8. The van der Waals surface area contributed by atoms with Gasteiger partial charge in [-0.2, -0.15) is 0 Å². The lowest BCUT2D eigenvalue weighted by Crippen LogP contribution is -2.38. The van der Waals surface area contributed by atoms with Gasteiger partial charge in [-0.15, -0.1) is 0 Å². The van der Waals surface area contributed by atoms with Gasteiger partial charge in [-0.25, -0.2) is 4.79 Å². The Morgan fingerprint density at radius 2 is 2.12 bits per heavy atom. The predicted molar refractivity (Wildman–Crippen MR) is 97.0 cm³/mol. The van der Waals surface area contributed by atoms with Gasteiger partial charge in [0.25, 0.3) is 0 Å². The minimum atomic E-state index is -0.0180. The van der Waals surface area contributed by atoms with Gasteiger partial charge in [0, 0.05) is 25.2 Å². The van der Waals surface area contributed by atoms with Crippen molar-refractivity contribution < 1.29 is 9.53 Å². The smallest absolute Gasteiger partial charge is 0.317 e. The zero-order valence-electron chi connectivity index (χ0n) is 14.6. The third kappa shape index (κ3) is 5.03. The first kappa shape index (κ1) is 17.4. The molecule has 5 heteroatoms. The second-order valence-corrected chi connectivity index (χ2v) is 6.53. The monoisotopic (exact) mass is 339 g/mol. The molecule has 0 aliphatic carbocycles. The molecule has 2 heterocycles. The number of urea groups is 1. The van der Waals surface area contributed by atoms with Gasteiger partial charge in [-0.1, -0.05) is 36.4 Å². The minimum Gasteiger partial charge on any atom is -0.376 e. The van der Waals surface area contributed by atoms with E-state index in [0.29, 0.717) is 25.7 Å². The van der Waals surface area contributed by atoms with E-state index in [1.165, 1.54) is 5.56 Å². The number of carbonyl (C=O) groups is 1. The summed E-state index contributed by atoms with van der Waals surface area (Å²) in [5.74, 6) is 0.408. The maximum Gasteiger partial charge on any atom is 0.317 e. The van der Waals surface area contributed by atoms with Crippen molar-refractivity contribution >= 4 is 6.03 Å². The first-order chi connectivity index (χ1) is 12.2.